The van der Waals surface area contributed by atoms with E-state index >= 15 is 0 Å². The molecule has 4 aromatic rings. The zero-order valence-electron chi connectivity index (χ0n) is 19.2. The lowest BCUT2D eigenvalue weighted by molar-refractivity contribution is 0.0951. The average molecular weight is 488 g/mol. The fraction of sp³-hybridized carbons (Fsp3) is 0.222. The van der Waals surface area contributed by atoms with Gasteiger partial charge >= 0.3 is 0 Å². The first-order chi connectivity index (χ1) is 17.2. The second-order valence-electron chi connectivity index (χ2n) is 8.39. The first-order valence-electron chi connectivity index (χ1n) is 11.6. The van der Waals surface area contributed by atoms with Crippen LogP contribution in [0.25, 0.3) is 11.3 Å². The molecule has 2 aromatic heterocycles. The maximum Gasteiger partial charge on any atom is 0.255 e. The summed E-state index contributed by atoms with van der Waals surface area (Å²) in [5.41, 5.74) is 4.08. The third-order valence-corrected chi connectivity index (χ3v) is 6.16. The summed E-state index contributed by atoms with van der Waals surface area (Å²) >= 11 is 6.08. The Labute approximate surface area is 209 Å². The summed E-state index contributed by atoms with van der Waals surface area (Å²) in [7, 11) is 0. The Hall–Kier alpha value is -3.68. The largest absolute Gasteiger partial charge is 0.378 e. The van der Waals surface area contributed by atoms with Crippen molar-refractivity contribution in [2.75, 3.05) is 31.2 Å². The van der Waals surface area contributed by atoms with E-state index in [1.54, 1.807) is 29.2 Å². The van der Waals surface area contributed by atoms with Gasteiger partial charge in [0.15, 0.2) is 0 Å². The van der Waals surface area contributed by atoms with Crippen molar-refractivity contribution >= 4 is 23.3 Å². The number of halogens is 1. The highest BCUT2D eigenvalue weighted by atomic mass is 35.5. The Kier molecular flexibility index (Phi) is 7.07. The van der Waals surface area contributed by atoms with Crippen LogP contribution in [0.4, 0.5) is 5.82 Å². The van der Waals surface area contributed by atoms with E-state index < -0.39 is 0 Å². The third-order valence-electron chi connectivity index (χ3n) is 5.91. The number of hydrogen-bond acceptors (Lipinski definition) is 5. The molecule has 1 aliphatic rings. The summed E-state index contributed by atoms with van der Waals surface area (Å²) in [5, 5.41) is 8.43. The molecule has 1 aliphatic heterocycles. The molecule has 8 heteroatoms. The Morgan fingerprint density at radius 2 is 1.77 bits per heavy atom. The molecule has 3 heterocycles. The maximum absolute atomic E-state index is 13.3. The van der Waals surface area contributed by atoms with Crippen LogP contribution in [0.3, 0.4) is 0 Å². The van der Waals surface area contributed by atoms with E-state index in [1.165, 1.54) is 0 Å². The lowest BCUT2D eigenvalue weighted by Crippen LogP contribution is -2.36. The number of rotatable bonds is 7. The Morgan fingerprint density at radius 3 is 2.54 bits per heavy atom. The van der Waals surface area contributed by atoms with Crippen molar-refractivity contribution in [2.45, 2.75) is 13.1 Å². The van der Waals surface area contributed by atoms with Gasteiger partial charge in [-0.15, -0.1) is 0 Å². The molecular weight excluding hydrogens is 462 g/mol. The molecule has 0 bridgehead atoms. The SMILES string of the molecule is O=C(NCc1ccnc(N2CCOCC2)c1)c1cn(Cc2ccccc2)nc1-c1ccc(Cl)cc1. The lowest BCUT2D eigenvalue weighted by atomic mass is 10.1. The van der Waals surface area contributed by atoms with Crippen molar-refractivity contribution in [3.63, 3.8) is 0 Å². The van der Waals surface area contributed by atoms with Gasteiger partial charge in [0, 0.05) is 42.6 Å². The highest BCUT2D eigenvalue weighted by molar-refractivity contribution is 6.30. The zero-order valence-corrected chi connectivity index (χ0v) is 20.0. The van der Waals surface area contributed by atoms with Gasteiger partial charge in [0.2, 0.25) is 0 Å². The number of morpholine rings is 1. The number of hydrogen-bond donors (Lipinski definition) is 1. The molecule has 0 radical (unpaired) electrons. The van der Waals surface area contributed by atoms with Gasteiger partial charge in [-0.3, -0.25) is 9.48 Å². The fourth-order valence-electron chi connectivity index (χ4n) is 4.07. The molecule has 1 fully saturated rings. The molecular formula is C27H26ClN5O2. The van der Waals surface area contributed by atoms with Crippen molar-refractivity contribution in [1.29, 1.82) is 0 Å². The van der Waals surface area contributed by atoms with Gasteiger partial charge in [-0.1, -0.05) is 54.1 Å². The minimum Gasteiger partial charge on any atom is -0.378 e. The van der Waals surface area contributed by atoms with Gasteiger partial charge in [-0.25, -0.2) is 4.98 Å². The molecule has 0 saturated carbocycles. The van der Waals surface area contributed by atoms with Crippen LogP contribution in [-0.2, 0) is 17.8 Å². The van der Waals surface area contributed by atoms with Crippen LogP contribution in [0.15, 0.2) is 79.1 Å². The molecule has 0 unspecified atom stereocenters. The number of benzene rings is 2. The van der Waals surface area contributed by atoms with Gasteiger partial charge in [-0.05, 0) is 35.4 Å². The monoisotopic (exact) mass is 487 g/mol. The normalized spacial score (nSPS) is 13.6. The molecule has 35 heavy (non-hydrogen) atoms. The van der Waals surface area contributed by atoms with Crippen molar-refractivity contribution in [2.24, 2.45) is 0 Å². The van der Waals surface area contributed by atoms with E-state index in [4.69, 9.17) is 21.4 Å². The van der Waals surface area contributed by atoms with Gasteiger partial charge < -0.3 is 15.0 Å². The fourth-order valence-corrected chi connectivity index (χ4v) is 4.20. The number of ether oxygens (including phenoxy) is 1. The number of nitrogens with zero attached hydrogens (tertiary/aromatic N) is 4. The predicted molar refractivity (Wildman–Crippen MR) is 137 cm³/mol. The first kappa shape index (κ1) is 23.1. The van der Waals surface area contributed by atoms with E-state index in [0.717, 1.165) is 35.6 Å². The van der Waals surface area contributed by atoms with Crippen LogP contribution in [0.2, 0.25) is 5.02 Å². The molecule has 2 aromatic carbocycles. The Balaban J connectivity index is 1.36. The summed E-state index contributed by atoms with van der Waals surface area (Å²) in [6.07, 6.45) is 3.58. The summed E-state index contributed by atoms with van der Waals surface area (Å²) in [5.74, 6) is 0.719. The quantitative estimate of drug-likeness (QED) is 0.418. The van der Waals surface area contributed by atoms with E-state index in [9.17, 15) is 4.79 Å². The summed E-state index contributed by atoms with van der Waals surface area (Å²) in [6, 6.07) is 21.4. The number of anilines is 1. The van der Waals surface area contributed by atoms with Gasteiger partial charge in [-0.2, -0.15) is 5.10 Å². The highest BCUT2D eigenvalue weighted by Crippen LogP contribution is 2.24. The summed E-state index contributed by atoms with van der Waals surface area (Å²) in [6.45, 7) is 3.98. The second-order valence-corrected chi connectivity index (χ2v) is 8.82. The number of pyridine rings is 1. The van der Waals surface area contributed by atoms with Gasteiger partial charge in [0.25, 0.3) is 5.91 Å². The van der Waals surface area contributed by atoms with Crippen molar-refractivity contribution in [3.05, 3.63) is 101 Å². The van der Waals surface area contributed by atoms with E-state index in [1.807, 2.05) is 54.6 Å². The second kappa shape index (κ2) is 10.7. The molecule has 0 spiro atoms. The van der Waals surface area contributed by atoms with Crippen molar-refractivity contribution < 1.29 is 9.53 Å². The molecule has 0 aliphatic carbocycles. The third kappa shape index (κ3) is 5.70. The molecule has 178 valence electrons. The van der Waals surface area contributed by atoms with E-state index in [2.05, 4.69) is 15.2 Å². The average Bonchev–Trinajstić information content (AvgIpc) is 3.33. The lowest BCUT2D eigenvalue weighted by Gasteiger charge is -2.28. The predicted octanol–water partition coefficient (Wildman–Crippen LogP) is 4.41. The van der Waals surface area contributed by atoms with Crippen LogP contribution >= 0.6 is 11.6 Å². The smallest absolute Gasteiger partial charge is 0.255 e. The maximum atomic E-state index is 13.3. The number of amides is 1. The Bertz CT molecular complexity index is 1280. The first-order valence-corrected chi connectivity index (χ1v) is 12.0. The van der Waals surface area contributed by atoms with E-state index in [0.29, 0.717) is 42.6 Å². The number of nitrogens with one attached hydrogen (secondary N) is 1. The molecule has 0 atom stereocenters. The Morgan fingerprint density at radius 1 is 1.00 bits per heavy atom. The van der Waals surface area contributed by atoms with E-state index in [-0.39, 0.29) is 5.91 Å². The van der Waals surface area contributed by atoms with Crippen LogP contribution in [0.1, 0.15) is 21.5 Å². The van der Waals surface area contributed by atoms with Crippen LogP contribution in [0.5, 0.6) is 0 Å². The molecule has 1 saturated heterocycles. The highest BCUT2D eigenvalue weighted by Gasteiger charge is 2.19. The minimum absolute atomic E-state index is 0.181. The van der Waals surface area contributed by atoms with Crippen molar-refractivity contribution in [3.8, 4) is 11.3 Å². The standard InChI is InChI=1S/C27H26ClN5O2/c28-23-8-6-22(7-9-23)26-24(19-33(31-26)18-20-4-2-1-3-5-20)27(34)30-17-21-10-11-29-25(16-21)32-12-14-35-15-13-32/h1-11,16,19H,12-15,17-18H2,(H,30,34). The number of carbonyl (C=O) groups excluding carboxylic acids is 1. The van der Waals surface area contributed by atoms with Crippen molar-refractivity contribution in [1.82, 2.24) is 20.1 Å². The van der Waals surface area contributed by atoms with Crippen LogP contribution < -0.4 is 10.2 Å². The minimum atomic E-state index is -0.181. The molecule has 1 N–H and O–H groups in total. The molecule has 1 amide bonds. The molecule has 7 nitrogen and oxygen atoms in total. The molecule has 5 rings (SSSR count). The summed E-state index contributed by atoms with van der Waals surface area (Å²) < 4.78 is 7.23. The van der Waals surface area contributed by atoms with Crippen LogP contribution in [0, 0.1) is 0 Å². The topological polar surface area (TPSA) is 72.3 Å². The van der Waals surface area contributed by atoms with Gasteiger partial charge in [0.1, 0.15) is 11.5 Å². The van der Waals surface area contributed by atoms with Gasteiger partial charge in [0.05, 0.1) is 25.3 Å². The number of carbonyl (C=O) groups is 1. The number of aromatic nitrogens is 3. The zero-order chi connectivity index (χ0) is 24.0. The van der Waals surface area contributed by atoms with Crippen LogP contribution in [-0.4, -0.2) is 47.0 Å². The summed E-state index contributed by atoms with van der Waals surface area (Å²) in [4.78, 5) is 20.0.